The first-order valence-corrected chi connectivity index (χ1v) is 10.5. The first-order valence-electron chi connectivity index (χ1n) is 8.88. The largest absolute Gasteiger partial charge is 0.497 e. The standard InChI is InChI=1S/C21H22N2O5S/c1-26-16-7-8-20(28-3)21(14-16)29(24,25)11-9-15-12-17(27-2)13-19(23-15)18-6-4-5-10-22-18/h4-8,10,12-14H,9,11H2,1-3H3. The zero-order valence-electron chi connectivity index (χ0n) is 16.5. The minimum Gasteiger partial charge on any atom is -0.497 e. The zero-order valence-corrected chi connectivity index (χ0v) is 17.3. The molecule has 0 fully saturated rings. The summed E-state index contributed by atoms with van der Waals surface area (Å²) in [4.78, 5) is 8.95. The Hall–Kier alpha value is -3.13. The van der Waals surface area contributed by atoms with Crippen molar-refractivity contribution in [2.45, 2.75) is 11.3 Å². The van der Waals surface area contributed by atoms with E-state index in [-0.39, 0.29) is 22.8 Å². The fourth-order valence-corrected chi connectivity index (χ4v) is 4.28. The number of hydrogen-bond acceptors (Lipinski definition) is 7. The Morgan fingerprint density at radius 2 is 1.66 bits per heavy atom. The second kappa shape index (κ2) is 8.91. The Bertz CT molecular complexity index is 1090. The highest BCUT2D eigenvalue weighted by molar-refractivity contribution is 7.91. The van der Waals surface area contributed by atoms with Gasteiger partial charge in [-0.1, -0.05) is 6.07 Å². The topological polar surface area (TPSA) is 87.6 Å². The van der Waals surface area contributed by atoms with E-state index < -0.39 is 9.84 Å². The maximum atomic E-state index is 13.0. The normalized spacial score (nSPS) is 11.1. The molecule has 2 aromatic heterocycles. The summed E-state index contributed by atoms with van der Waals surface area (Å²) in [6.07, 6.45) is 1.88. The molecular weight excluding hydrogens is 392 g/mol. The predicted molar refractivity (Wildman–Crippen MR) is 109 cm³/mol. The van der Waals surface area contributed by atoms with Crippen molar-refractivity contribution in [2.75, 3.05) is 27.1 Å². The van der Waals surface area contributed by atoms with Gasteiger partial charge in [0.2, 0.25) is 0 Å². The molecule has 29 heavy (non-hydrogen) atoms. The zero-order chi connectivity index (χ0) is 20.9. The number of aryl methyl sites for hydroxylation is 1. The van der Waals surface area contributed by atoms with Gasteiger partial charge in [-0.05, 0) is 24.3 Å². The first kappa shape index (κ1) is 20.6. The lowest BCUT2D eigenvalue weighted by atomic mass is 10.2. The van der Waals surface area contributed by atoms with Crippen molar-refractivity contribution in [3.63, 3.8) is 0 Å². The van der Waals surface area contributed by atoms with Gasteiger partial charge < -0.3 is 14.2 Å². The van der Waals surface area contributed by atoms with E-state index in [0.29, 0.717) is 28.6 Å². The van der Waals surface area contributed by atoms with Crippen LogP contribution in [0.2, 0.25) is 0 Å². The minimum absolute atomic E-state index is 0.0900. The van der Waals surface area contributed by atoms with Crippen molar-refractivity contribution in [2.24, 2.45) is 0 Å². The highest BCUT2D eigenvalue weighted by Gasteiger charge is 2.21. The third-order valence-electron chi connectivity index (χ3n) is 4.35. The van der Waals surface area contributed by atoms with E-state index in [4.69, 9.17) is 14.2 Å². The van der Waals surface area contributed by atoms with Crippen LogP contribution in [-0.4, -0.2) is 45.5 Å². The van der Waals surface area contributed by atoms with Crippen LogP contribution in [0.3, 0.4) is 0 Å². The van der Waals surface area contributed by atoms with E-state index in [2.05, 4.69) is 9.97 Å². The monoisotopic (exact) mass is 414 g/mol. The van der Waals surface area contributed by atoms with Crippen molar-refractivity contribution in [1.82, 2.24) is 9.97 Å². The second-order valence-corrected chi connectivity index (χ2v) is 8.26. The van der Waals surface area contributed by atoms with Crippen LogP contribution in [-0.2, 0) is 16.3 Å². The molecule has 0 atom stereocenters. The number of benzene rings is 1. The number of methoxy groups -OCH3 is 3. The molecule has 0 amide bonds. The highest BCUT2D eigenvalue weighted by atomic mass is 32.2. The Morgan fingerprint density at radius 1 is 0.862 bits per heavy atom. The Morgan fingerprint density at radius 3 is 2.31 bits per heavy atom. The van der Waals surface area contributed by atoms with Crippen molar-refractivity contribution in [1.29, 1.82) is 0 Å². The summed E-state index contributed by atoms with van der Waals surface area (Å²) in [6, 6.07) is 13.7. The molecule has 3 aromatic rings. The molecule has 0 saturated carbocycles. The molecule has 0 bridgehead atoms. The molecule has 0 radical (unpaired) electrons. The van der Waals surface area contributed by atoms with E-state index in [1.165, 1.54) is 20.3 Å². The van der Waals surface area contributed by atoms with Gasteiger partial charge in [0, 0.05) is 36.5 Å². The maximum Gasteiger partial charge on any atom is 0.182 e. The lowest BCUT2D eigenvalue weighted by Crippen LogP contribution is -2.12. The van der Waals surface area contributed by atoms with E-state index in [1.54, 1.807) is 37.6 Å². The molecule has 0 aliphatic rings. The summed E-state index contributed by atoms with van der Waals surface area (Å²) in [7, 11) is 0.840. The Labute approximate surface area is 170 Å². The number of ether oxygens (including phenoxy) is 3. The molecule has 1 aromatic carbocycles. The van der Waals surface area contributed by atoms with Gasteiger partial charge in [0.05, 0.1) is 38.5 Å². The highest BCUT2D eigenvalue weighted by Crippen LogP contribution is 2.30. The number of aromatic nitrogens is 2. The number of pyridine rings is 2. The molecule has 8 heteroatoms. The smallest absolute Gasteiger partial charge is 0.182 e. The van der Waals surface area contributed by atoms with E-state index in [9.17, 15) is 8.42 Å². The summed E-state index contributed by atoms with van der Waals surface area (Å²) < 4.78 is 41.6. The molecule has 152 valence electrons. The van der Waals surface area contributed by atoms with Crippen LogP contribution in [0, 0.1) is 0 Å². The lowest BCUT2D eigenvalue weighted by Gasteiger charge is -2.12. The fraction of sp³-hybridized carbons (Fsp3) is 0.238. The van der Waals surface area contributed by atoms with Crippen LogP contribution in [0.1, 0.15) is 5.69 Å². The summed E-state index contributed by atoms with van der Waals surface area (Å²) in [6.45, 7) is 0. The van der Waals surface area contributed by atoms with Crippen molar-refractivity contribution in [3.05, 3.63) is 60.4 Å². The quantitative estimate of drug-likeness (QED) is 0.559. The van der Waals surface area contributed by atoms with Gasteiger partial charge in [0.15, 0.2) is 9.84 Å². The van der Waals surface area contributed by atoms with E-state index in [1.807, 2.05) is 18.2 Å². The number of sulfone groups is 1. The molecule has 7 nitrogen and oxygen atoms in total. The molecule has 0 aliphatic carbocycles. The molecule has 0 N–H and O–H groups in total. The molecule has 3 rings (SSSR count). The van der Waals surface area contributed by atoms with Crippen molar-refractivity contribution in [3.8, 4) is 28.6 Å². The summed E-state index contributed by atoms with van der Waals surface area (Å²) in [5.74, 6) is 1.17. The molecule has 0 spiro atoms. The maximum absolute atomic E-state index is 13.0. The molecule has 2 heterocycles. The van der Waals surface area contributed by atoms with Crippen LogP contribution in [0.4, 0.5) is 0 Å². The summed E-state index contributed by atoms with van der Waals surface area (Å²) in [5, 5.41) is 0. The van der Waals surface area contributed by atoms with Gasteiger partial charge in [0.1, 0.15) is 22.1 Å². The minimum atomic E-state index is -3.63. The summed E-state index contributed by atoms with van der Waals surface area (Å²) >= 11 is 0. The SMILES string of the molecule is COc1cc(CCS(=O)(=O)c2cc(OC)ccc2OC)nc(-c2ccccn2)c1. The number of rotatable bonds is 8. The van der Waals surface area contributed by atoms with Gasteiger partial charge >= 0.3 is 0 Å². The van der Waals surface area contributed by atoms with E-state index in [0.717, 1.165) is 0 Å². The van der Waals surface area contributed by atoms with Gasteiger partial charge in [-0.2, -0.15) is 0 Å². The third-order valence-corrected chi connectivity index (χ3v) is 6.08. The average molecular weight is 414 g/mol. The molecule has 0 unspecified atom stereocenters. The van der Waals surface area contributed by atoms with Gasteiger partial charge in [-0.3, -0.25) is 9.97 Å². The van der Waals surface area contributed by atoms with Crippen LogP contribution in [0.25, 0.3) is 11.4 Å². The third kappa shape index (κ3) is 4.83. The average Bonchev–Trinajstić information content (AvgIpc) is 2.77. The molecule has 0 aliphatic heterocycles. The second-order valence-electron chi connectivity index (χ2n) is 6.18. The van der Waals surface area contributed by atoms with Crippen LogP contribution >= 0.6 is 0 Å². The Kier molecular flexibility index (Phi) is 6.33. The molecular formula is C21H22N2O5S. The number of hydrogen-bond donors (Lipinski definition) is 0. The van der Waals surface area contributed by atoms with E-state index >= 15 is 0 Å². The van der Waals surface area contributed by atoms with Crippen LogP contribution in [0.15, 0.2) is 59.6 Å². The van der Waals surface area contributed by atoms with Crippen LogP contribution in [0.5, 0.6) is 17.2 Å². The van der Waals surface area contributed by atoms with Gasteiger partial charge in [-0.25, -0.2) is 8.42 Å². The van der Waals surface area contributed by atoms with Gasteiger partial charge in [-0.15, -0.1) is 0 Å². The fourth-order valence-electron chi connectivity index (χ4n) is 2.83. The predicted octanol–water partition coefficient (Wildman–Crippen LogP) is 3.19. The van der Waals surface area contributed by atoms with Gasteiger partial charge in [0.25, 0.3) is 0 Å². The first-order chi connectivity index (χ1) is 14.0. The summed E-state index contributed by atoms with van der Waals surface area (Å²) in [5.41, 5.74) is 1.90. The number of nitrogens with zero attached hydrogens (tertiary/aromatic N) is 2. The molecule has 0 saturated heterocycles. The lowest BCUT2D eigenvalue weighted by molar-refractivity contribution is 0.392. The van der Waals surface area contributed by atoms with Crippen molar-refractivity contribution < 1.29 is 22.6 Å². The van der Waals surface area contributed by atoms with Crippen LogP contribution < -0.4 is 14.2 Å². The Balaban J connectivity index is 1.89. The van der Waals surface area contributed by atoms with Crippen molar-refractivity contribution >= 4 is 9.84 Å².